The van der Waals surface area contributed by atoms with Crippen LogP contribution in [0.5, 0.6) is 5.75 Å². The number of fused-ring (bicyclic) bond motifs is 2. The molecule has 0 aliphatic heterocycles. The molecule has 0 aliphatic rings. The second kappa shape index (κ2) is 8.29. The lowest BCUT2D eigenvalue weighted by molar-refractivity contribution is 0.474. The topological polar surface area (TPSA) is 32.6 Å². The Kier molecular flexibility index (Phi) is 5.04. The molecule has 5 aromatic carbocycles. The van der Waals surface area contributed by atoms with Crippen molar-refractivity contribution in [1.82, 2.24) is 0 Å². The van der Waals surface area contributed by atoms with E-state index in [0.717, 1.165) is 11.3 Å². The van der Waals surface area contributed by atoms with Crippen LogP contribution >= 0.6 is 0 Å². The largest absolute Gasteiger partial charge is 0.507 e. The van der Waals surface area contributed by atoms with Crippen molar-refractivity contribution in [2.75, 3.05) is 0 Å². The minimum Gasteiger partial charge on any atom is -0.507 e. The molecule has 0 atom stereocenters. The van der Waals surface area contributed by atoms with E-state index in [1.165, 1.54) is 27.1 Å². The van der Waals surface area contributed by atoms with Gasteiger partial charge >= 0.3 is 0 Å². The molecule has 1 N–H and O–H groups in total. The SMILES string of the molecule is Oc1ccccc1C=Nc1ccc(/C=C/c2c3ccccc3cc3ccccc23)cc1. The summed E-state index contributed by atoms with van der Waals surface area (Å²) in [5.74, 6) is 0.230. The van der Waals surface area contributed by atoms with E-state index in [0.29, 0.717) is 5.56 Å². The van der Waals surface area contributed by atoms with E-state index >= 15 is 0 Å². The van der Waals surface area contributed by atoms with E-state index in [9.17, 15) is 5.11 Å². The number of phenols is 1. The van der Waals surface area contributed by atoms with Gasteiger partial charge in [-0.3, -0.25) is 4.99 Å². The molecule has 0 saturated heterocycles. The van der Waals surface area contributed by atoms with Crippen LogP contribution in [0.15, 0.2) is 108 Å². The highest BCUT2D eigenvalue weighted by Crippen LogP contribution is 2.30. The maximum absolute atomic E-state index is 9.86. The molecule has 2 heteroatoms. The third kappa shape index (κ3) is 3.96. The van der Waals surface area contributed by atoms with Gasteiger partial charge in [-0.25, -0.2) is 0 Å². The Bertz CT molecular complexity index is 1370. The van der Waals surface area contributed by atoms with Gasteiger partial charge in [-0.15, -0.1) is 0 Å². The predicted molar refractivity (Wildman–Crippen MR) is 132 cm³/mol. The third-order valence-electron chi connectivity index (χ3n) is 5.44. The average Bonchev–Trinajstić information content (AvgIpc) is 2.82. The van der Waals surface area contributed by atoms with Crippen molar-refractivity contribution in [2.24, 2.45) is 4.99 Å². The molecule has 0 amide bonds. The van der Waals surface area contributed by atoms with Gasteiger partial charge in [0, 0.05) is 11.8 Å². The molecule has 5 aromatic rings. The molecule has 2 nitrogen and oxygen atoms in total. The van der Waals surface area contributed by atoms with Gasteiger partial charge in [0.2, 0.25) is 0 Å². The number of benzene rings is 5. The van der Waals surface area contributed by atoms with Gasteiger partial charge in [0.15, 0.2) is 0 Å². The summed E-state index contributed by atoms with van der Waals surface area (Å²) in [5.41, 5.74) is 3.89. The fraction of sp³-hybridized carbons (Fsp3) is 0. The highest BCUT2D eigenvalue weighted by atomic mass is 16.3. The maximum atomic E-state index is 9.86. The molecule has 0 aliphatic carbocycles. The number of hydrogen-bond acceptors (Lipinski definition) is 2. The van der Waals surface area contributed by atoms with Crippen LogP contribution in [-0.4, -0.2) is 11.3 Å². The monoisotopic (exact) mass is 399 g/mol. The van der Waals surface area contributed by atoms with Crippen LogP contribution in [0.1, 0.15) is 16.7 Å². The van der Waals surface area contributed by atoms with Gasteiger partial charge in [-0.05, 0) is 63.0 Å². The quantitative estimate of drug-likeness (QED) is 0.188. The number of para-hydroxylation sites is 1. The van der Waals surface area contributed by atoms with Crippen LogP contribution in [0.25, 0.3) is 33.7 Å². The zero-order chi connectivity index (χ0) is 21.0. The van der Waals surface area contributed by atoms with Gasteiger partial charge in [0.05, 0.1) is 5.69 Å². The Labute approximate surface area is 181 Å². The fourth-order valence-corrected chi connectivity index (χ4v) is 3.82. The van der Waals surface area contributed by atoms with Crippen molar-refractivity contribution in [3.05, 3.63) is 120 Å². The van der Waals surface area contributed by atoms with Crippen LogP contribution in [0.2, 0.25) is 0 Å². The fourth-order valence-electron chi connectivity index (χ4n) is 3.82. The van der Waals surface area contributed by atoms with Crippen LogP contribution in [0.3, 0.4) is 0 Å². The summed E-state index contributed by atoms with van der Waals surface area (Å²) in [6.07, 6.45) is 6.03. The summed E-state index contributed by atoms with van der Waals surface area (Å²) < 4.78 is 0. The van der Waals surface area contributed by atoms with E-state index in [4.69, 9.17) is 0 Å². The second-order valence-electron chi connectivity index (χ2n) is 7.47. The second-order valence-corrected chi connectivity index (χ2v) is 7.47. The van der Waals surface area contributed by atoms with Gasteiger partial charge in [-0.1, -0.05) is 84.9 Å². The smallest absolute Gasteiger partial charge is 0.124 e. The molecule has 0 heterocycles. The van der Waals surface area contributed by atoms with Gasteiger partial charge in [0.25, 0.3) is 0 Å². The van der Waals surface area contributed by atoms with Crippen molar-refractivity contribution in [1.29, 1.82) is 0 Å². The summed E-state index contributed by atoms with van der Waals surface area (Å²) in [6, 6.07) is 34.5. The van der Waals surface area contributed by atoms with Gasteiger partial charge < -0.3 is 5.11 Å². The standard InChI is InChI=1S/C29H21NO/c31-29-12-6-3-9-24(29)20-30-25-16-13-21(14-17-25)15-18-28-26-10-4-1-7-22(26)19-23-8-2-5-11-27(23)28/h1-20,31H/b18-15+,30-20?. The Morgan fingerprint density at radius 2 is 1.23 bits per heavy atom. The lowest BCUT2D eigenvalue weighted by atomic mass is 9.96. The van der Waals surface area contributed by atoms with Crippen molar-refractivity contribution in [2.45, 2.75) is 0 Å². The van der Waals surface area contributed by atoms with Crippen molar-refractivity contribution in [3.63, 3.8) is 0 Å². The molecule has 0 spiro atoms. The first kappa shape index (κ1) is 18.8. The lowest BCUT2D eigenvalue weighted by Crippen LogP contribution is -1.83. The lowest BCUT2D eigenvalue weighted by Gasteiger charge is -2.08. The van der Waals surface area contributed by atoms with Crippen molar-refractivity contribution >= 4 is 45.6 Å². The van der Waals surface area contributed by atoms with Crippen molar-refractivity contribution in [3.8, 4) is 5.75 Å². The molecule has 31 heavy (non-hydrogen) atoms. The van der Waals surface area contributed by atoms with E-state index in [2.05, 4.69) is 83.9 Å². The predicted octanol–water partition coefficient (Wildman–Crippen LogP) is 7.62. The number of phenolic OH excluding ortho intramolecular Hbond substituents is 1. The summed E-state index contributed by atoms with van der Waals surface area (Å²) in [5, 5.41) is 14.9. The molecule has 0 unspecified atom stereocenters. The Morgan fingerprint density at radius 3 is 1.90 bits per heavy atom. The maximum Gasteiger partial charge on any atom is 0.124 e. The summed E-state index contributed by atoms with van der Waals surface area (Å²) in [4.78, 5) is 4.47. The normalized spacial score (nSPS) is 11.7. The molecule has 5 rings (SSSR count). The van der Waals surface area contributed by atoms with Crippen LogP contribution in [0.4, 0.5) is 5.69 Å². The number of hydrogen-bond donors (Lipinski definition) is 1. The first-order valence-electron chi connectivity index (χ1n) is 10.3. The van der Waals surface area contributed by atoms with Crippen LogP contribution in [-0.2, 0) is 0 Å². The van der Waals surface area contributed by atoms with E-state index < -0.39 is 0 Å². The van der Waals surface area contributed by atoms with Crippen LogP contribution < -0.4 is 0 Å². The van der Waals surface area contributed by atoms with Gasteiger partial charge in [0.1, 0.15) is 5.75 Å². The zero-order valence-corrected chi connectivity index (χ0v) is 16.9. The number of aromatic hydroxyl groups is 1. The number of nitrogens with zero attached hydrogens (tertiary/aromatic N) is 1. The molecular formula is C29H21NO. The molecule has 0 radical (unpaired) electrons. The minimum absolute atomic E-state index is 0.230. The van der Waals surface area contributed by atoms with E-state index in [1.54, 1.807) is 18.3 Å². The van der Waals surface area contributed by atoms with Crippen LogP contribution in [0, 0.1) is 0 Å². The summed E-state index contributed by atoms with van der Waals surface area (Å²) in [7, 11) is 0. The average molecular weight is 399 g/mol. The zero-order valence-electron chi connectivity index (χ0n) is 16.9. The molecular weight excluding hydrogens is 378 g/mol. The summed E-state index contributed by atoms with van der Waals surface area (Å²) >= 11 is 0. The minimum atomic E-state index is 0.230. The highest BCUT2D eigenvalue weighted by molar-refractivity contribution is 6.07. The molecule has 0 aromatic heterocycles. The third-order valence-corrected chi connectivity index (χ3v) is 5.44. The summed E-state index contributed by atoms with van der Waals surface area (Å²) in [6.45, 7) is 0. The Hall–Kier alpha value is -4.17. The van der Waals surface area contributed by atoms with E-state index in [-0.39, 0.29) is 5.75 Å². The molecule has 148 valence electrons. The Morgan fingerprint density at radius 1 is 0.613 bits per heavy atom. The first-order valence-corrected chi connectivity index (χ1v) is 10.3. The number of rotatable bonds is 4. The molecule has 0 saturated carbocycles. The van der Waals surface area contributed by atoms with Gasteiger partial charge in [-0.2, -0.15) is 0 Å². The number of aliphatic imine (C=N–C) groups is 1. The van der Waals surface area contributed by atoms with Crippen molar-refractivity contribution < 1.29 is 5.11 Å². The molecule has 0 bridgehead atoms. The van der Waals surface area contributed by atoms with E-state index in [1.807, 2.05) is 24.3 Å². The molecule has 0 fully saturated rings. The highest BCUT2D eigenvalue weighted by Gasteiger charge is 2.04. The first-order chi connectivity index (χ1) is 15.3. The Balaban J connectivity index is 1.46.